The molecule has 2 saturated heterocycles. The number of furan rings is 1. The van der Waals surface area contributed by atoms with Gasteiger partial charge in [-0.1, -0.05) is 13.0 Å². The van der Waals surface area contributed by atoms with E-state index in [0.717, 1.165) is 30.4 Å². The largest absolute Gasteiger partial charge is 0.494 e. The quantitative estimate of drug-likeness (QED) is 0.273. The number of amides is 1. The molecule has 5 heterocycles. The summed E-state index contributed by atoms with van der Waals surface area (Å²) in [7, 11) is 1.54. The van der Waals surface area contributed by atoms with Crippen LogP contribution in [-0.4, -0.2) is 72.5 Å². The first kappa shape index (κ1) is 28.6. The lowest BCUT2D eigenvalue weighted by Crippen LogP contribution is -2.50. The monoisotopic (exact) mass is 582 g/mol. The van der Waals surface area contributed by atoms with E-state index in [1.807, 2.05) is 30.0 Å². The summed E-state index contributed by atoms with van der Waals surface area (Å²) in [5.74, 6) is 1.32. The average Bonchev–Trinajstić information content (AvgIpc) is 3.49. The number of methoxy groups -OCH3 is 1. The molecule has 0 saturated carbocycles. The van der Waals surface area contributed by atoms with Crippen molar-refractivity contribution in [2.24, 2.45) is 0 Å². The SMILES string of the molecule is CCC1CN(C(=O)c2cnc(-c3cc4nccc(-c5ccc(OC6CCOCC6)c(C#N)c5)c4o3)c(OC)c2)C(C)CO1. The second kappa shape index (κ2) is 12.4. The van der Waals surface area contributed by atoms with Gasteiger partial charge in [-0.05, 0) is 43.2 Å². The Bertz CT molecular complexity index is 1670. The van der Waals surface area contributed by atoms with Crippen molar-refractivity contribution in [2.45, 2.75) is 51.4 Å². The molecule has 0 radical (unpaired) electrons. The maximum atomic E-state index is 13.4. The Balaban J connectivity index is 1.30. The van der Waals surface area contributed by atoms with Crippen LogP contribution in [0.3, 0.4) is 0 Å². The van der Waals surface area contributed by atoms with E-state index in [-0.39, 0.29) is 24.2 Å². The lowest BCUT2D eigenvalue weighted by Gasteiger charge is -2.37. The number of ether oxygens (including phenoxy) is 4. The van der Waals surface area contributed by atoms with Gasteiger partial charge in [-0.2, -0.15) is 5.26 Å². The number of nitriles is 1. The van der Waals surface area contributed by atoms with Crippen LogP contribution in [0.15, 0.2) is 53.2 Å². The Kier molecular flexibility index (Phi) is 8.27. The highest BCUT2D eigenvalue weighted by Crippen LogP contribution is 2.38. The highest BCUT2D eigenvalue weighted by Gasteiger charge is 2.30. The summed E-state index contributed by atoms with van der Waals surface area (Å²) in [4.78, 5) is 24.4. The van der Waals surface area contributed by atoms with E-state index in [1.54, 1.807) is 37.7 Å². The fourth-order valence-electron chi connectivity index (χ4n) is 5.56. The molecule has 6 rings (SSSR count). The number of benzene rings is 1. The van der Waals surface area contributed by atoms with E-state index in [1.165, 1.54) is 0 Å². The second-order valence-electron chi connectivity index (χ2n) is 10.9. The van der Waals surface area contributed by atoms with Gasteiger partial charge in [0.15, 0.2) is 11.3 Å². The first-order valence-corrected chi connectivity index (χ1v) is 14.6. The minimum Gasteiger partial charge on any atom is -0.494 e. The van der Waals surface area contributed by atoms with E-state index in [9.17, 15) is 10.1 Å². The van der Waals surface area contributed by atoms with E-state index in [4.69, 9.17) is 23.4 Å². The first-order valence-electron chi connectivity index (χ1n) is 14.6. The first-order chi connectivity index (χ1) is 21.0. The molecule has 0 bridgehead atoms. The zero-order valence-corrected chi connectivity index (χ0v) is 24.5. The van der Waals surface area contributed by atoms with E-state index in [0.29, 0.717) is 71.5 Å². The number of morpholine rings is 1. The van der Waals surface area contributed by atoms with Crippen LogP contribution >= 0.6 is 0 Å². The van der Waals surface area contributed by atoms with Gasteiger partial charge in [-0.3, -0.25) is 9.78 Å². The number of rotatable bonds is 7. The van der Waals surface area contributed by atoms with Gasteiger partial charge in [0.2, 0.25) is 0 Å². The van der Waals surface area contributed by atoms with Gasteiger partial charge >= 0.3 is 0 Å². The van der Waals surface area contributed by atoms with Crippen LogP contribution in [0, 0.1) is 11.3 Å². The van der Waals surface area contributed by atoms with Crippen LogP contribution in [0.4, 0.5) is 0 Å². The lowest BCUT2D eigenvalue weighted by molar-refractivity contribution is -0.0480. The molecule has 10 heteroatoms. The third-order valence-corrected chi connectivity index (χ3v) is 8.06. The summed E-state index contributed by atoms with van der Waals surface area (Å²) in [6, 6.07) is 13.1. The van der Waals surface area contributed by atoms with Crippen LogP contribution in [0.1, 0.15) is 49.0 Å². The molecule has 2 fully saturated rings. The summed E-state index contributed by atoms with van der Waals surface area (Å²) in [6.07, 6.45) is 5.74. The number of pyridine rings is 2. The van der Waals surface area contributed by atoms with Gasteiger partial charge in [0, 0.05) is 43.4 Å². The number of hydrogen-bond donors (Lipinski definition) is 0. The van der Waals surface area contributed by atoms with Crippen LogP contribution in [0.5, 0.6) is 11.5 Å². The Hall–Kier alpha value is -4.46. The van der Waals surface area contributed by atoms with Gasteiger partial charge < -0.3 is 28.3 Å². The van der Waals surface area contributed by atoms with Gasteiger partial charge in [0.05, 0.1) is 50.2 Å². The van der Waals surface area contributed by atoms with Crippen molar-refractivity contribution < 1.29 is 28.2 Å². The van der Waals surface area contributed by atoms with Crippen molar-refractivity contribution >= 4 is 17.0 Å². The molecule has 10 nitrogen and oxygen atoms in total. The topological polar surface area (TPSA) is 120 Å². The van der Waals surface area contributed by atoms with Gasteiger partial charge in [0.25, 0.3) is 5.91 Å². The molecule has 43 heavy (non-hydrogen) atoms. The molecule has 1 amide bonds. The Morgan fingerprint density at radius 3 is 2.74 bits per heavy atom. The van der Waals surface area contributed by atoms with Crippen LogP contribution < -0.4 is 9.47 Å². The molecule has 222 valence electrons. The van der Waals surface area contributed by atoms with Gasteiger partial charge in [0.1, 0.15) is 34.9 Å². The predicted molar refractivity (Wildman–Crippen MR) is 159 cm³/mol. The number of nitrogens with zero attached hydrogens (tertiary/aromatic N) is 4. The van der Waals surface area contributed by atoms with Crippen LogP contribution in [-0.2, 0) is 9.47 Å². The summed E-state index contributed by atoms with van der Waals surface area (Å²) in [5, 5.41) is 9.88. The highest BCUT2D eigenvalue weighted by molar-refractivity contribution is 5.96. The molecular weight excluding hydrogens is 548 g/mol. The second-order valence-corrected chi connectivity index (χ2v) is 10.9. The Morgan fingerprint density at radius 1 is 1.14 bits per heavy atom. The highest BCUT2D eigenvalue weighted by atomic mass is 16.5. The van der Waals surface area contributed by atoms with Crippen molar-refractivity contribution in [1.82, 2.24) is 14.9 Å². The summed E-state index contributed by atoms with van der Waals surface area (Å²) in [6.45, 7) is 6.39. The summed E-state index contributed by atoms with van der Waals surface area (Å²) in [5.41, 5.74) is 4.11. The van der Waals surface area contributed by atoms with Crippen LogP contribution in [0.25, 0.3) is 33.7 Å². The molecule has 2 aliphatic heterocycles. The molecule has 2 atom stereocenters. The number of hydrogen-bond acceptors (Lipinski definition) is 9. The molecule has 0 aliphatic carbocycles. The molecule has 1 aromatic carbocycles. The van der Waals surface area contributed by atoms with Crippen molar-refractivity contribution in [1.29, 1.82) is 5.26 Å². The standard InChI is InChI=1S/C33H34N4O6/c1-4-24-18-37(20(2)19-41-24)33(38)23-14-29(39-3)31(36-17-23)30-15-27-32(43-30)26(7-10-35-27)21-5-6-28(22(13-21)16-34)42-25-8-11-40-12-9-25/h5-7,10,13-15,17,20,24-25H,4,8-9,11-12,18-19H2,1-3H3. The van der Waals surface area contributed by atoms with Crippen molar-refractivity contribution in [2.75, 3.05) is 33.5 Å². The molecule has 2 aliphatic rings. The molecule has 0 spiro atoms. The third-order valence-electron chi connectivity index (χ3n) is 8.06. The number of carbonyl (C=O) groups excluding carboxylic acids is 1. The maximum Gasteiger partial charge on any atom is 0.255 e. The van der Waals surface area contributed by atoms with E-state index < -0.39 is 0 Å². The van der Waals surface area contributed by atoms with Crippen molar-refractivity contribution in [3.8, 4) is 40.1 Å². The number of fused-ring (bicyclic) bond motifs is 1. The fourth-order valence-corrected chi connectivity index (χ4v) is 5.56. The summed E-state index contributed by atoms with van der Waals surface area (Å²) < 4.78 is 29.4. The summed E-state index contributed by atoms with van der Waals surface area (Å²) >= 11 is 0. The lowest BCUT2D eigenvalue weighted by atomic mass is 10.0. The normalized spacial score (nSPS) is 19.3. The Labute approximate surface area is 250 Å². The molecule has 0 N–H and O–H groups in total. The molecule has 2 unspecified atom stereocenters. The molecule has 4 aromatic rings. The zero-order chi connectivity index (χ0) is 29.9. The smallest absolute Gasteiger partial charge is 0.255 e. The Morgan fingerprint density at radius 2 is 1.98 bits per heavy atom. The van der Waals surface area contributed by atoms with Crippen LogP contribution in [0.2, 0.25) is 0 Å². The molecule has 3 aromatic heterocycles. The number of aromatic nitrogens is 2. The third kappa shape index (κ3) is 5.78. The fraction of sp³-hybridized carbons (Fsp3) is 0.394. The van der Waals surface area contributed by atoms with Gasteiger partial charge in [-0.15, -0.1) is 0 Å². The van der Waals surface area contributed by atoms with E-state index >= 15 is 0 Å². The molecular formula is C33H34N4O6. The van der Waals surface area contributed by atoms with Gasteiger partial charge in [-0.25, -0.2) is 4.98 Å². The van der Waals surface area contributed by atoms with Crippen molar-refractivity contribution in [3.05, 3.63) is 59.9 Å². The zero-order valence-electron chi connectivity index (χ0n) is 24.5. The minimum atomic E-state index is -0.113. The van der Waals surface area contributed by atoms with E-state index in [2.05, 4.69) is 23.0 Å². The number of carbonyl (C=O) groups is 1. The average molecular weight is 583 g/mol. The van der Waals surface area contributed by atoms with Crippen molar-refractivity contribution in [3.63, 3.8) is 0 Å². The minimum absolute atomic E-state index is 0.0199. The maximum absolute atomic E-state index is 13.4. The predicted octanol–water partition coefficient (Wildman–Crippen LogP) is 5.63.